The summed E-state index contributed by atoms with van der Waals surface area (Å²) >= 11 is 0. The van der Waals surface area contributed by atoms with E-state index in [9.17, 15) is 0 Å². The van der Waals surface area contributed by atoms with E-state index in [4.69, 9.17) is 5.73 Å². The van der Waals surface area contributed by atoms with Crippen LogP contribution in [0.2, 0.25) is 0 Å². The van der Waals surface area contributed by atoms with E-state index in [2.05, 4.69) is 15.3 Å². The molecule has 1 aromatic heterocycles. The van der Waals surface area contributed by atoms with E-state index in [1.54, 1.807) is 12.4 Å². The van der Waals surface area contributed by atoms with E-state index in [0.717, 1.165) is 5.69 Å². The minimum Gasteiger partial charge on any atom is -0.362 e. The molecule has 0 saturated carbocycles. The summed E-state index contributed by atoms with van der Waals surface area (Å²) in [5.74, 6) is 0.703. The van der Waals surface area contributed by atoms with Gasteiger partial charge in [0.05, 0.1) is 5.69 Å². The standard InChI is InChI=1S/C7H8N4/c8-6-4-10-7-5(11-6)2-1-3-9-7/h1-4,6,11H,8H2. The summed E-state index contributed by atoms with van der Waals surface area (Å²) in [7, 11) is 0. The van der Waals surface area contributed by atoms with Gasteiger partial charge in [0.25, 0.3) is 0 Å². The van der Waals surface area contributed by atoms with Gasteiger partial charge in [0.2, 0.25) is 0 Å². The second-order valence-electron chi connectivity index (χ2n) is 2.32. The summed E-state index contributed by atoms with van der Waals surface area (Å²) in [4.78, 5) is 8.09. The fraction of sp³-hybridized carbons (Fsp3) is 0.143. The molecule has 0 aliphatic carbocycles. The zero-order chi connectivity index (χ0) is 7.68. The number of hydrogen-bond acceptors (Lipinski definition) is 4. The average Bonchev–Trinajstić information content (AvgIpc) is 2.04. The van der Waals surface area contributed by atoms with Crippen molar-refractivity contribution >= 4 is 17.7 Å². The zero-order valence-electron chi connectivity index (χ0n) is 5.86. The average molecular weight is 148 g/mol. The van der Waals surface area contributed by atoms with Gasteiger partial charge in [-0.05, 0) is 12.1 Å². The van der Waals surface area contributed by atoms with Crippen LogP contribution in [0.5, 0.6) is 0 Å². The Hall–Kier alpha value is -1.42. The van der Waals surface area contributed by atoms with Crippen LogP contribution in [0.25, 0.3) is 0 Å². The summed E-state index contributed by atoms with van der Waals surface area (Å²) in [5.41, 5.74) is 6.45. The molecule has 0 fully saturated rings. The molecule has 2 heterocycles. The fourth-order valence-corrected chi connectivity index (χ4v) is 0.980. The number of hydrogen-bond donors (Lipinski definition) is 2. The van der Waals surface area contributed by atoms with Crippen molar-refractivity contribution in [3.8, 4) is 0 Å². The summed E-state index contributed by atoms with van der Waals surface area (Å²) in [6.07, 6.45) is 3.15. The van der Waals surface area contributed by atoms with Gasteiger partial charge >= 0.3 is 0 Å². The lowest BCUT2D eigenvalue weighted by molar-refractivity contribution is 0.987. The highest BCUT2D eigenvalue weighted by atomic mass is 15.1. The number of anilines is 1. The van der Waals surface area contributed by atoms with Gasteiger partial charge in [-0.25, -0.2) is 9.98 Å². The normalized spacial score (nSPS) is 20.6. The molecular formula is C7H8N4. The number of aliphatic imine (C=N–C) groups is 1. The predicted octanol–water partition coefficient (Wildman–Crippen LogP) is 0.494. The molecular weight excluding hydrogens is 140 g/mol. The molecule has 1 aromatic rings. The minimum absolute atomic E-state index is 0.188. The van der Waals surface area contributed by atoms with E-state index in [1.807, 2.05) is 12.1 Å². The highest BCUT2D eigenvalue weighted by Crippen LogP contribution is 2.23. The van der Waals surface area contributed by atoms with E-state index in [1.165, 1.54) is 0 Å². The van der Waals surface area contributed by atoms with Crippen LogP contribution in [0.4, 0.5) is 11.5 Å². The molecule has 3 N–H and O–H groups in total. The quantitative estimate of drug-likeness (QED) is 0.563. The first-order valence-electron chi connectivity index (χ1n) is 3.37. The van der Waals surface area contributed by atoms with Gasteiger partial charge in [-0.2, -0.15) is 0 Å². The molecule has 56 valence electrons. The molecule has 0 aromatic carbocycles. The molecule has 0 spiro atoms. The van der Waals surface area contributed by atoms with Crippen molar-refractivity contribution in [2.24, 2.45) is 10.7 Å². The van der Waals surface area contributed by atoms with Crippen molar-refractivity contribution in [3.63, 3.8) is 0 Å². The number of nitrogens with zero attached hydrogens (tertiary/aromatic N) is 2. The van der Waals surface area contributed by atoms with Crippen molar-refractivity contribution in [1.82, 2.24) is 4.98 Å². The SMILES string of the molecule is NC1C=Nc2ncccc2N1. The maximum absolute atomic E-state index is 5.56. The summed E-state index contributed by atoms with van der Waals surface area (Å²) in [6.45, 7) is 0. The first kappa shape index (κ1) is 6.30. The number of fused-ring (bicyclic) bond motifs is 1. The van der Waals surface area contributed by atoms with Gasteiger partial charge < -0.3 is 11.1 Å². The number of pyridine rings is 1. The summed E-state index contributed by atoms with van der Waals surface area (Å²) < 4.78 is 0. The van der Waals surface area contributed by atoms with Crippen molar-refractivity contribution < 1.29 is 0 Å². The van der Waals surface area contributed by atoms with E-state index < -0.39 is 0 Å². The molecule has 1 atom stereocenters. The third kappa shape index (κ3) is 1.08. The lowest BCUT2D eigenvalue weighted by atomic mass is 10.3. The molecule has 0 radical (unpaired) electrons. The largest absolute Gasteiger partial charge is 0.362 e. The molecule has 0 amide bonds. The molecule has 0 bridgehead atoms. The fourth-order valence-electron chi connectivity index (χ4n) is 0.980. The van der Waals surface area contributed by atoms with E-state index >= 15 is 0 Å². The predicted molar refractivity (Wildman–Crippen MR) is 44.0 cm³/mol. The van der Waals surface area contributed by atoms with Gasteiger partial charge in [-0.1, -0.05) is 0 Å². The first-order chi connectivity index (χ1) is 5.36. The van der Waals surface area contributed by atoms with Crippen LogP contribution >= 0.6 is 0 Å². The first-order valence-corrected chi connectivity index (χ1v) is 3.37. The maximum Gasteiger partial charge on any atom is 0.175 e. The Kier molecular flexibility index (Phi) is 1.33. The molecule has 0 saturated heterocycles. The highest BCUT2D eigenvalue weighted by molar-refractivity contribution is 5.80. The maximum atomic E-state index is 5.56. The van der Waals surface area contributed by atoms with Crippen LogP contribution in [0.1, 0.15) is 0 Å². The second kappa shape index (κ2) is 2.32. The van der Waals surface area contributed by atoms with E-state index in [-0.39, 0.29) is 6.17 Å². The van der Waals surface area contributed by atoms with Crippen LogP contribution < -0.4 is 11.1 Å². The summed E-state index contributed by atoms with van der Waals surface area (Å²) in [5, 5.41) is 3.03. The van der Waals surface area contributed by atoms with Crippen LogP contribution in [-0.2, 0) is 0 Å². The van der Waals surface area contributed by atoms with Crippen LogP contribution in [0.15, 0.2) is 23.3 Å². The highest BCUT2D eigenvalue weighted by Gasteiger charge is 2.08. The zero-order valence-corrected chi connectivity index (χ0v) is 5.86. The molecule has 4 heteroatoms. The monoisotopic (exact) mass is 148 g/mol. The van der Waals surface area contributed by atoms with Crippen molar-refractivity contribution in [1.29, 1.82) is 0 Å². The number of aromatic nitrogens is 1. The number of nitrogens with two attached hydrogens (primary N) is 1. The van der Waals surface area contributed by atoms with Crippen LogP contribution in [0, 0.1) is 0 Å². The number of rotatable bonds is 0. The van der Waals surface area contributed by atoms with E-state index in [0.29, 0.717) is 5.82 Å². The molecule has 2 rings (SSSR count). The Morgan fingerprint density at radius 3 is 3.36 bits per heavy atom. The Bertz CT molecular complexity index is 294. The third-order valence-electron chi connectivity index (χ3n) is 1.47. The third-order valence-corrected chi connectivity index (χ3v) is 1.47. The van der Waals surface area contributed by atoms with Crippen molar-refractivity contribution in [3.05, 3.63) is 18.3 Å². The smallest absolute Gasteiger partial charge is 0.175 e. The van der Waals surface area contributed by atoms with Gasteiger partial charge in [0.1, 0.15) is 6.17 Å². The topological polar surface area (TPSA) is 63.3 Å². The van der Waals surface area contributed by atoms with Gasteiger partial charge in [-0.3, -0.25) is 0 Å². The molecule has 1 unspecified atom stereocenters. The lowest BCUT2D eigenvalue weighted by Gasteiger charge is -2.15. The number of nitrogens with one attached hydrogen (secondary N) is 1. The lowest BCUT2D eigenvalue weighted by Crippen LogP contribution is -2.32. The Morgan fingerprint density at radius 1 is 1.55 bits per heavy atom. The van der Waals surface area contributed by atoms with Gasteiger partial charge in [0.15, 0.2) is 5.82 Å². The van der Waals surface area contributed by atoms with Crippen molar-refractivity contribution in [2.45, 2.75) is 6.17 Å². The van der Waals surface area contributed by atoms with Gasteiger partial charge in [0, 0.05) is 12.4 Å². The van der Waals surface area contributed by atoms with Crippen LogP contribution in [0.3, 0.4) is 0 Å². The molecule has 4 nitrogen and oxygen atoms in total. The Labute approximate surface area is 64.2 Å². The molecule has 1 aliphatic heterocycles. The van der Waals surface area contributed by atoms with Crippen LogP contribution in [-0.4, -0.2) is 17.4 Å². The Morgan fingerprint density at radius 2 is 2.45 bits per heavy atom. The minimum atomic E-state index is -0.188. The van der Waals surface area contributed by atoms with Crippen molar-refractivity contribution in [2.75, 3.05) is 5.32 Å². The second-order valence-corrected chi connectivity index (χ2v) is 2.32. The summed E-state index contributed by atoms with van der Waals surface area (Å²) in [6, 6.07) is 3.75. The van der Waals surface area contributed by atoms with Gasteiger partial charge in [-0.15, -0.1) is 0 Å². The molecule has 11 heavy (non-hydrogen) atoms. The Balaban J connectivity index is 2.46. The molecule has 1 aliphatic rings.